The molecular weight excluding hydrogens is 468 g/mol. The number of hydrogen-bond acceptors (Lipinski definition) is 9. The number of phenolic OH excluding ortho intramolecular Hbond substituents is 1. The van der Waals surface area contributed by atoms with E-state index in [0.717, 1.165) is 5.56 Å². The van der Waals surface area contributed by atoms with Crippen LogP contribution in [0, 0.1) is 11.8 Å². The molecule has 4 atom stereocenters. The molecule has 1 aromatic carbocycles. The number of ketones is 2. The second-order valence-corrected chi connectivity index (χ2v) is 9.85. The number of likely N-dealkylation sites (N-methyl/N-ethyl adjacent to an activating group) is 1. The Hall–Kier alpha value is -3.96. The number of amides is 1. The maximum absolute atomic E-state index is 13.7. The second kappa shape index (κ2) is 7.77. The third-order valence-corrected chi connectivity index (χ3v) is 7.62. The molecule has 3 aliphatic carbocycles. The largest absolute Gasteiger partial charge is 0.510 e. The Morgan fingerprint density at radius 2 is 1.92 bits per heavy atom. The number of allylic oxidation sites excluding steroid dienone is 1. The molecule has 0 fully saturated rings. The van der Waals surface area contributed by atoms with Gasteiger partial charge < -0.3 is 26.2 Å². The number of carbonyl (C=O) groups excluding carboxylic acids is 3. The molecule has 1 aromatic heterocycles. The SMILES string of the molecule is CN(C)[C@@H]1C(O)=C(C(N)=O)C(=O)[C@@]2(O)C(O)=C3C(=O)c4c(O)ccc(-c5cnn(C)c5)c4C[C@H]3C[C@@H]12. The fourth-order valence-electron chi connectivity index (χ4n) is 6.08. The number of fused-ring (bicyclic) bond motifs is 3. The van der Waals surface area contributed by atoms with E-state index in [-0.39, 0.29) is 29.7 Å². The molecule has 1 heterocycles. The first-order valence-electron chi connectivity index (χ1n) is 11.4. The number of aliphatic hydroxyl groups excluding tert-OH is 2. The van der Waals surface area contributed by atoms with E-state index in [4.69, 9.17) is 5.73 Å². The normalized spacial score (nSPS) is 27.8. The highest BCUT2D eigenvalue weighted by atomic mass is 16.3. The van der Waals surface area contributed by atoms with E-state index in [2.05, 4.69) is 5.10 Å². The van der Waals surface area contributed by atoms with Gasteiger partial charge in [-0.1, -0.05) is 6.07 Å². The van der Waals surface area contributed by atoms with Crippen molar-refractivity contribution in [3.8, 4) is 16.9 Å². The van der Waals surface area contributed by atoms with Crippen LogP contribution in [0.25, 0.3) is 11.1 Å². The number of aliphatic hydroxyl groups is 3. The van der Waals surface area contributed by atoms with Gasteiger partial charge in [-0.2, -0.15) is 5.10 Å². The minimum atomic E-state index is -2.65. The number of aryl methyl sites for hydroxylation is 1. The van der Waals surface area contributed by atoms with Gasteiger partial charge in [0.05, 0.1) is 17.8 Å². The molecule has 0 saturated carbocycles. The molecule has 11 heteroatoms. The lowest BCUT2D eigenvalue weighted by Gasteiger charge is -2.50. The number of rotatable bonds is 3. The van der Waals surface area contributed by atoms with Crippen LogP contribution in [0.15, 0.2) is 47.2 Å². The van der Waals surface area contributed by atoms with Gasteiger partial charge in [-0.3, -0.25) is 24.0 Å². The molecule has 0 bridgehead atoms. The van der Waals surface area contributed by atoms with Crippen molar-refractivity contribution in [1.82, 2.24) is 14.7 Å². The van der Waals surface area contributed by atoms with Gasteiger partial charge in [-0.15, -0.1) is 0 Å². The van der Waals surface area contributed by atoms with Crippen LogP contribution in [0.2, 0.25) is 0 Å². The lowest BCUT2D eigenvalue weighted by molar-refractivity contribution is -0.148. The molecule has 36 heavy (non-hydrogen) atoms. The molecule has 0 aliphatic heterocycles. The quantitative estimate of drug-likeness (QED) is 0.380. The van der Waals surface area contributed by atoms with Gasteiger partial charge in [0.1, 0.15) is 22.8 Å². The van der Waals surface area contributed by atoms with Crippen LogP contribution in [0.1, 0.15) is 22.3 Å². The summed E-state index contributed by atoms with van der Waals surface area (Å²) in [5, 5.41) is 48.5. The number of nitrogens with two attached hydrogens (primary N) is 1. The minimum Gasteiger partial charge on any atom is -0.510 e. The first-order chi connectivity index (χ1) is 16.9. The number of hydrogen-bond donors (Lipinski definition) is 5. The van der Waals surface area contributed by atoms with Gasteiger partial charge >= 0.3 is 0 Å². The van der Waals surface area contributed by atoms with Crippen molar-refractivity contribution >= 4 is 17.5 Å². The Labute approximate surface area is 205 Å². The van der Waals surface area contributed by atoms with Crippen LogP contribution >= 0.6 is 0 Å². The molecule has 188 valence electrons. The van der Waals surface area contributed by atoms with E-state index in [0.29, 0.717) is 11.1 Å². The maximum Gasteiger partial charge on any atom is 0.255 e. The van der Waals surface area contributed by atoms with E-state index in [1.807, 2.05) is 0 Å². The van der Waals surface area contributed by atoms with Crippen molar-refractivity contribution in [2.45, 2.75) is 24.5 Å². The minimum absolute atomic E-state index is 0.0304. The highest BCUT2D eigenvalue weighted by Gasteiger charge is 2.63. The number of benzene rings is 1. The Bertz CT molecular complexity index is 1420. The van der Waals surface area contributed by atoms with Gasteiger partial charge in [0.15, 0.2) is 11.4 Å². The fraction of sp³-hybridized carbons (Fsp3) is 0.360. The third-order valence-electron chi connectivity index (χ3n) is 7.62. The molecule has 0 unspecified atom stereocenters. The Kier molecular flexibility index (Phi) is 5.13. The predicted octanol–water partition coefficient (Wildman–Crippen LogP) is 0.521. The summed E-state index contributed by atoms with van der Waals surface area (Å²) in [5.74, 6) is -6.71. The molecular formula is C25H26N4O7. The van der Waals surface area contributed by atoms with Crippen molar-refractivity contribution in [2.75, 3.05) is 14.1 Å². The number of Topliss-reactive ketones (excluding diaryl/α,β-unsaturated/α-hetero) is 2. The van der Waals surface area contributed by atoms with Crippen LogP contribution in [0.5, 0.6) is 5.75 Å². The van der Waals surface area contributed by atoms with E-state index in [1.165, 1.54) is 11.0 Å². The van der Waals surface area contributed by atoms with Gasteiger partial charge in [-0.25, -0.2) is 0 Å². The Balaban J connectivity index is 1.73. The van der Waals surface area contributed by atoms with Crippen molar-refractivity contribution in [3.05, 3.63) is 58.3 Å². The molecule has 11 nitrogen and oxygen atoms in total. The molecule has 0 radical (unpaired) electrons. The number of primary amides is 1. The summed E-state index contributed by atoms with van der Waals surface area (Å²) < 4.78 is 1.61. The van der Waals surface area contributed by atoms with Crippen molar-refractivity contribution in [2.24, 2.45) is 24.6 Å². The number of nitrogens with zero attached hydrogens (tertiary/aromatic N) is 3. The molecule has 3 aliphatic rings. The van der Waals surface area contributed by atoms with Crippen molar-refractivity contribution in [1.29, 1.82) is 0 Å². The van der Waals surface area contributed by atoms with Gasteiger partial charge in [0.25, 0.3) is 5.91 Å². The zero-order valence-electron chi connectivity index (χ0n) is 19.9. The number of aromatic hydroxyl groups is 1. The van der Waals surface area contributed by atoms with E-state index < -0.39 is 58.0 Å². The monoisotopic (exact) mass is 494 g/mol. The Morgan fingerprint density at radius 3 is 2.50 bits per heavy atom. The zero-order chi connectivity index (χ0) is 26.3. The highest BCUT2D eigenvalue weighted by molar-refractivity contribution is 6.24. The first-order valence-corrected chi connectivity index (χ1v) is 11.4. The molecule has 6 N–H and O–H groups in total. The summed E-state index contributed by atoms with van der Waals surface area (Å²) in [6.45, 7) is 0. The number of phenols is 1. The predicted molar refractivity (Wildman–Crippen MR) is 126 cm³/mol. The summed E-state index contributed by atoms with van der Waals surface area (Å²) in [4.78, 5) is 40.6. The lowest BCUT2D eigenvalue weighted by Crippen LogP contribution is -2.63. The lowest BCUT2D eigenvalue weighted by atomic mass is 9.58. The third kappa shape index (κ3) is 2.99. The van der Waals surface area contributed by atoms with E-state index in [9.17, 15) is 34.8 Å². The standard InChI is InChI=1S/C25H26N4O7/c1-28(2)19-14-7-10-6-13-12(11-8-27-29(3)9-11)4-5-15(30)17(13)20(31)16(10)22(33)25(14,36)23(34)18(21(19)32)24(26)35/h4-5,8-10,14,19,30,32-33,36H,6-7H2,1-3H3,(H2,26,35)/t10-,14-,19-,25-/m0/s1. The van der Waals surface area contributed by atoms with E-state index >= 15 is 0 Å². The summed E-state index contributed by atoms with van der Waals surface area (Å²) in [7, 11) is 4.93. The highest BCUT2D eigenvalue weighted by Crippen LogP contribution is 2.53. The molecule has 2 aromatic rings. The number of aromatic nitrogens is 2. The molecule has 0 saturated heterocycles. The van der Waals surface area contributed by atoms with Crippen LogP contribution in [-0.2, 0) is 23.1 Å². The summed E-state index contributed by atoms with van der Waals surface area (Å²) >= 11 is 0. The summed E-state index contributed by atoms with van der Waals surface area (Å²) in [5.41, 5.74) is 3.62. The maximum atomic E-state index is 13.7. The summed E-state index contributed by atoms with van der Waals surface area (Å²) in [6, 6.07) is 2.03. The van der Waals surface area contributed by atoms with Gasteiger partial charge in [0.2, 0.25) is 5.78 Å². The van der Waals surface area contributed by atoms with Crippen LogP contribution in [0.3, 0.4) is 0 Å². The zero-order valence-corrected chi connectivity index (χ0v) is 19.9. The van der Waals surface area contributed by atoms with Crippen LogP contribution in [0.4, 0.5) is 0 Å². The Morgan fingerprint density at radius 1 is 1.22 bits per heavy atom. The number of carbonyl (C=O) groups is 3. The molecule has 5 rings (SSSR count). The first kappa shape index (κ1) is 23.8. The van der Waals surface area contributed by atoms with Crippen molar-refractivity contribution < 1.29 is 34.8 Å². The average molecular weight is 495 g/mol. The average Bonchev–Trinajstić information content (AvgIpc) is 3.22. The molecule has 0 spiro atoms. The van der Waals surface area contributed by atoms with Gasteiger partial charge in [0, 0.05) is 30.3 Å². The topological polar surface area (TPSA) is 179 Å². The van der Waals surface area contributed by atoms with E-state index in [1.54, 1.807) is 44.3 Å². The van der Waals surface area contributed by atoms with Crippen LogP contribution in [-0.4, -0.2) is 78.3 Å². The summed E-state index contributed by atoms with van der Waals surface area (Å²) in [6.07, 6.45) is 3.66. The van der Waals surface area contributed by atoms with Crippen molar-refractivity contribution in [3.63, 3.8) is 0 Å². The fourth-order valence-corrected chi connectivity index (χ4v) is 6.08. The van der Waals surface area contributed by atoms with Crippen LogP contribution < -0.4 is 5.73 Å². The van der Waals surface area contributed by atoms with Gasteiger partial charge in [-0.05, 0) is 50.0 Å². The second-order valence-electron chi connectivity index (χ2n) is 9.85. The molecule has 1 amide bonds. The smallest absolute Gasteiger partial charge is 0.255 e.